The average Bonchev–Trinajstić information content (AvgIpc) is 2.88. The Kier molecular flexibility index (Phi) is 5.01. The summed E-state index contributed by atoms with van der Waals surface area (Å²) < 4.78 is 2.06. The standard InChI is InChI=1S/C16H20N2OS/c1-4-14-10-15(18(5-2)17-14)11-20-16-8-6-7-13(9-16)12(3)19/h6-10H,4-5,11H2,1-3H3. The summed E-state index contributed by atoms with van der Waals surface area (Å²) in [7, 11) is 0. The highest BCUT2D eigenvalue weighted by molar-refractivity contribution is 7.98. The first-order chi connectivity index (χ1) is 9.63. The maximum Gasteiger partial charge on any atom is 0.159 e. The zero-order valence-corrected chi connectivity index (χ0v) is 13.0. The van der Waals surface area contributed by atoms with Crippen LogP contribution in [0.2, 0.25) is 0 Å². The molecule has 0 unspecified atom stereocenters. The van der Waals surface area contributed by atoms with Crippen molar-refractivity contribution in [1.29, 1.82) is 0 Å². The van der Waals surface area contributed by atoms with Gasteiger partial charge < -0.3 is 0 Å². The summed E-state index contributed by atoms with van der Waals surface area (Å²) in [5.74, 6) is 0.988. The Hall–Kier alpha value is -1.55. The van der Waals surface area contributed by atoms with E-state index >= 15 is 0 Å². The summed E-state index contributed by atoms with van der Waals surface area (Å²) in [4.78, 5) is 12.5. The van der Waals surface area contributed by atoms with E-state index in [1.165, 1.54) is 5.69 Å². The summed E-state index contributed by atoms with van der Waals surface area (Å²) in [5, 5.41) is 4.55. The van der Waals surface area contributed by atoms with Crippen molar-refractivity contribution in [2.45, 2.75) is 44.4 Å². The lowest BCUT2D eigenvalue weighted by Gasteiger charge is -2.05. The minimum atomic E-state index is 0.110. The molecule has 0 radical (unpaired) electrons. The first-order valence-corrected chi connectivity index (χ1v) is 7.92. The van der Waals surface area contributed by atoms with Crippen LogP contribution in [-0.2, 0) is 18.7 Å². The van der Waals surface area contributed by atoms with Gasteiger partial charge in [-0.25, -0.2) is 0 Å². The van der Waals surface area contributed by atoms with Gasteiger partial charge in [0.15, 0.2) is 5.78 Å². The van der Waals surface area contributed by atoms with Crippen molar-refractivity contribution >= 4 is 17.5 Å². The van der Waals surface area contributed by atoms with Crippen LogP contribution in [0, 0.1) is 0 Å². The van der Waals surface area contributed by atoms with E-state index in [1.807, 2.05) is 24.3 Å². The molecule has 0 aliphatic carbocycles. The molecule has 0 bridgehead atoms. The SMILES string of the molecule is CCc1cc(CSc2cccc(C(C)=O)c2)n(CC)n1. The second kappa shape index (κ2) is 6.75. The van der Waals surface area contributed by atoms with Crippen LogP contribution in [0.25, 0.3) is 0 Å². The molecule has 0 amide bonds. The number of carbonyl (C=O) groups is 1. The van der Waals surface area contributed by atoms with Crippen molar-refractivity contribution in [2.24, 2.45) is 0 Å². The molecule has 1 heterocycles. The number of rotatable bonds is 6. The number of hydrogen-bond donors (Lipinski definition) is 0. The van der Waals surface area contributed by atoms with Crippen LogP contribution >= 0.6 is 11.8 Å². The van der Waals surface area contributed by atoms with Gasteiger partial charge in [0.2, 0.25) is 0 Å². The van der Waals surface area contributed by atoms with Crippen LogP contribution in [0.15, 0.2) is 35.2 Å². The van der Waals surface area contributed by atoms with Gasteiger partial charge in [-0.2, -0.15) is 5.10 Å². The van der Waals surface area contributed by atoms with E-state index < -0.39 is 0 Å². The molecule has 0 saturated heterocycles. The van der Waals surface area contributed by atoms with Crippen molar-refractivity contribution in [3.63, 3.8) is 0 Å². The number of carbonyl (C=O) groups excluding carboxylic acids is 1. The molecule has 0 saturated carbocycles. The van der Waals surface area contributed by atoms with Gasteiger partial charge in [0.25, 0.3) is 0 Å². The molecule has 4 heteroatoms. The van der Waals surface area contributed by atoms with Crippen LogP contribution in [-0.4, -0.2) is 15.6 Å². The van der Waals surface area contributed by atoms with Crippen molar-refractivity contribution in [1.82, 2.24) is 9.78 Å². The fourth-order valence-electron chi connectivity index (χ4n) is 2.04. The van der Waals surface area contributed by atoms with E-state index in [1.54, 1.807) is 18.7 Å². The number of Topliss-reactive ketones (excluding diaryl/α,β-unsaturated/α-hetero) is 1. The Bertz CT molecular complexity index is 604. The van der Waals surface area contributed by atoms with Crippen molar-refractivity contribution in [3.05, 3.63) is 47.3 Å². The molecule has 1 aromatic carbocycles. The van der Waals surface area contributed by atoms with Gasteiger partial charge in [0.1, 0.15) is 0 Å². The van der Waals surface area contributed by atoms with Crippen LogP contribution in [0.4, 0.5) is 0 Å². The molecule has 2 aromatic rings. The molecular formula is C16H20N2OS. The number of benzene rings is 1. The Morgan fingerprint density at radius 1 is 1.30 bits per heavy atom. The van der Waals surface area contributed by atoms with E-state index in [2.05, 4.69) is 29.7 Å². The van der Waals surface area contributed by atoms with E-state index in [4.69, 9.17) is 0 Å². The van der Waals surface area contributed by atoms with E-state index in [0.29, 0.717) is 0 Å². The molecule has 0 aliphatic rings. The second-order valence-corrected chi connectivity index (χ2v) is 5.72. The number of ketones is 1. The summed E-state index contributed by atoms with van der Waals surface area (Å²) in [5.41, 5.74) is 3.15. The number of aromatic nitrogens is 2. The molecule has 0 aliphatic heterocycles. The van der Waals surface area contributed by atoms with Crippen molar-refractivity contribution in [3.8, 4) is 0 Å². The molecule has 0 spiro atoms. The van der Waals surface area contributed by atoms with Gasteiger partial charge in [-0.05, 0) is 38.5 Å². The number of aryl methyl sites for hydroxylation is 2. The number of hydrogen-bond acceptors (Lipinski definition) is 3. The zero-order valence-electron chi connectivity index (χ0n) is 12.2. The molecule has 20 heavy (non-hydrogen) atoms. The Balaban J connectivity index is 2.10. The molecule has 1 aromatic heterocycles. The van der Waals surface area contributed by atoms with Crippen molar-refractivity contribution in [2.75, 3.05) is 0 Å². The summed E-state index contributed by atoms with van der Waals surface area (Å²) >= 11 is 1.75. The van der Waals surface area contributed by atoms with Gasteiger partial charge >= 0.3 is 0 Å². The maximum atomic E-state index is 11.4. The summed E-state index contributed by atoms with van der Waals surface area (Å²) in [6.45, 7) is 6.72. The smallest absolute Gasteiger partial charge is 0.159 e. The molecule has 0 fully saturated rings. The van der Waals surface area contributed by atoms with Gasteiger partial charge in [-0.1, -0.05) is 19.1 Å². The predicted molar refractivity (Wildman–Crippen MR) is 83.3 cm³/mol. The highest BCUT2D eigenvalue weighted by Crippen LogP contribution is 2.24. The van der Waals surface area contributed by atoms with E-state index in [-0.39, 0.29) is 5.78 Å². The van der Waals surface area contributed by atoms with E-state index in [0.717, 1.165) is 34.9 Å². The van der Waals surface area contributed by atoms with Gasteiger partial charge in [-0.3, -0.25) is 9.48 Å². The number of thioether (sulfide) groups is 1. The van der Waals surface area contributed by atoms with Gasteiger partial charge in [-0.15, -0.1) is 11.8 Å². The number of nitrogens with zero attached hydrogens (tertiary/aromatic N) is 2. The minimum Gasteiger partial charge on any atom is -0.295 e. The van der Waals surface area contributed by atoms with Crippen LogP contribution < -0.4 is 0 Å². The third-order valence-electron chi connectivity index (χ3n) is 3.20. The molecule has 106 valence electrons. The van der Waals surface area contributed by atoms with Gasteiger partial charge in [0, 0.05) is 28.5 Å². The molecule has 3 nitrogen and oxygen atoms in total. The first kappa shape index (κ1) is 14.9. The quantitative estimate of drug-likeness (QED) is 0.596. The Morgan fingerprint density at radius 3 is 2.75 bits per heavy atom. The second-order valence-electron chi connectivity index (χ2n) is 4.67. The first-order valence-electron chi connectivity index (χ1n) is 6.93. The lowest BCUT2D eigenvalue weighted by molar-refractivity contribution is 0.101. The average molecular weight is 288 g/mol. The fourth-order valence-corrected chi connectivity index (χ4v) is 2.97. The molecule has 2 rings (SSSR count). The lowest BCUT2D eigenvalue weighted by Crippen LogP contribution is -2.01. The zero-order chi connectivity index (χ0) is 14.5. The normalized spacial score (nSPS) is 10.8. The van der Waals surface area contributed by atoms with Gasteiger partial charge in [0.05, 0.1) is 5.69 Å². The highest BCUT2D eigenvalue weighted by Gasteiger charge is 2.07. The predicted octanol–water partition coefficient (Wildman–Crippen LogP) is 3.96. The largest absolute Gasteiger partial charge is 0.295 e. The topological polar surface area (TPSA) is 34.9 Å². The molecular weight excluding hydrogens is 268 g/mol. The monoisotopic (exact) mass is 288 g/mol. The van der Waals surface area contributed by atoms with Crippen LogP contribution in [0.5, 0.6) is 0 Å². The molecule has 0 N–H and O–H groups in total. The third kappa shape index (κ3) is 3.51. The maximum absolute atomic E-state index is 11.4. The van der Waals surface area contributed by atoms with Crippen molar-refractivity contribution < 1.29 is 4.79 Å². The van der Waals surface area contributed by atoms with Crippen LogP contribution in [0.1, 0.15) is 42.5 Å². The minimum absolute atomic E-state index is 0.110. The Morgan fingerprint density at radius 2 is 2.10 bits per heavy atom. The van der Waals surface area contributed by atoms with Crippen LogP contribution in [0.3, 0.4) is 0 Å². The Labute approximate surface area is 124 Å². The molecule has 0 atom stereocenters. The van der Waals surface area contributed by atoms with E-state index in [9.17, 15) is 4.79 Å². The highest BCUT2D eigenvalue weighted by atomic mass is 32.2. The third-order valence-corrected chi connectivity index (χ3v) is 4.23. The summed E-state index contributed by atoms with van der Waals surface area (Å²) in [6, 6.07) is 9.97. The fraction of sp³-hybridized carbons (Fsp3) is 0.375. The summed E-state index contributed by atoms with van der Waals surface area (Å²) in [6.07, 6.45) is 0.963. The lowest BCUT2D eigenvalue weighted by atomic mass is 10.2.